The standard InChI is InChI=1S/Mo.HNO2.5Na.O3Si.4O/c;2-1-3;;;;;;1-4(2)3;;;;/h;(H,2,3);;;;;;;;;;/q;;5*+1;-2;;;2*-1/p-1. The van der Waals surface area contributed by atoms with E-state index in [4.69, 9.17) is 38.5 Å². The molecule has 10 nitrogen and oxygen atoms in total. The third-order valence-electron chi connectivity index (χ3n) is 0. The van der Waals surface area contributed by atoms with E-state index < -0.39 is 25.9 Å². The minimum absolute atomic E-state index is 0. The maximum absolute atomic E-state index is 8.63. The van der Waals surface area contributed by atoms with Gasteiger partial charge in [-0.1, -0.05) is 0 Å². The summed E-state index contributed by atoms with van der Waals surface area (Å²) in [6.07, 6.45) is 0. The summed E-state index contributed by atoms with van der Waals surface area (Å²) in [5.74, 6) is 0. The van der Waals surface area contributed by atoms with Gasteiger partial charge >= 0.3 is 179 Å². The van der Waals surface area contributed by atoms with Crippen molar-refractivity contribution in [3.63, 3.8) is 0 Å². The Morgan fingerprint density at radius 3 is 0.882 bits per heavy atom. The van der Waals surface area contributed by atoms with Crippen molar-refractivity contribution in [3.8, 4) is 0 Å². The van der Waals surface area contributed by atoms with Gasteiger partial charge in [-0.15, -0.1) is 5.34 Å². The molecule has 17 heavy (non-hydrogen) atoms. The molecule has 0 spiro atoms. The molecule has 0 aromatic heterocycles. The van der Waals surface area contributed by atoms with E-state index in [9.17, 15) is 0 Å². The van der Waals surface area contributed by atoms with E-state index in [1.165, 1.54) is 0 Å². The number of hydrogen-bond donors (Lipinski definition) is 0. The predicted octanol–water partition coefficient (Wildman–Crippen LogP) is -20.2. The quantitative estimate of drug-likeness (QED) is 0.216. The van der Waals surface area contributed by atoms with Crippen molar-refractivity contribution in [2.45, 2.75) is 0 Å². The van der Waals surface area contributed by atoms with Crippen LogP contribution in [0.2, 0.25) is 0 Å². The van der Waals surface area contributed by atoms with Crippen LogP contribution >= 0.6 is 0 Å². The number of rotatable bonds is 0. The summed E-state index contributed by atoms with van der Waals surface area (Å²) in [5.41, 5.74) is 0. The van der Waals surface area contributed by atoms with E-state index in [0.29, 0.717) is 0 Å². The molecule has 0 bridgehead atoms. The van der Waals surface area contributed by atoms with Crippen LogP contribution in [0.3, 0.4) is 0 Å². The molecule has 0 heterocycles. The van der Waals surface area contributed by atoms with Crippen LogP contribution in [0.4, 0.5) is 0 Å². The first-order chi connectivity index (χ1) is 5.15. The predicted molar refractivity (Wildman–Crippen MR) is 17.0 cm³/mol. The average molecular weight is 397 g/mol. The Labute approximate surface area is 212 Å². The number of nitrogens with zero attached hydrogens (tertiary/aromatic N) is 1. The van der Waals surface area contributed by atoms with Crippen molar-refractivity contribution in [1.82, 2.24) is 0 Å². The molecule has 0 N–H and O–H groups in total. The summed E-state index contributed by atoms with van der Waals surface area (Å²) in [6, 6.07) is 0. The SMILES string of the molecule is O=N[O-].O=[Si]([O-])[O-].[Na+].[Na+].[Na+].[Na+].[Na+].[O]=[Mo](=[O])([O-])[O-]. The molecule has 0 aromatic rings. The summed E-state index contributed by atoms with van der Waals surface area (Å²) in [4.78, 5) is 25.0. The molecule has 74 valence electrons. The molecule has 0 fully saturated rings. The second kappa shape index (κ2) is 36.9. The Morgan fingerprint density at radius 2 is 0.882 bits per heavy atom. The van der Waals surface area contributed by atoms with Crippen molar-refractivity contribution in [2.24, 2.45) is 5.34 Å². The summed E-state index contributed by atoms with van der Waals surface area (Å²) in [5, 5.41) is 9.00. The Kier molecular flexibility index (Phi) is 108. The fraction of sp³-hybridized carbons (Fsp3) is 0. The molecule has 0 aliphatic heterocycles. The van der Waals surface area contributed by atoms with E-state index in [1.54, 1.807) is 0 Å². The molecular weight excluding hydrogens is 397 g/mol. The Hall–Kier alpha value is 4.23. The van der Waals surface area contributed by atoms with Crippen LogP contribution in [-0.4, -0.2) is 9.17 Å². The second-order valence-corrected chi connectivity index (χ2v) is 3.24. The molecule has 0 radical (unpaired) electrons. The second-order valence-electron chi connectivity index (χ2n) is 0.733. The molecule has 17 heteroatoms. The van der Waals surface area contributed by atoms with Gasteiger partial charge in [0.2, 0.25) is 0 Å². The summed E-state index contributed by atoms with van der Waals surface area (Å²) in [7, 11) is -3.63. The molecule has 0 aliphatic carbocycles. The van der Waals surface area contributed by atoms with E-state index in [0.717, 1.165) is 5.34 Å². The normalized spacial score (nSPS) is 5.53. The van der Waals surface area contributed by atoms with Crippen LogP contribution in [0.1, 0.15) is 0 Å². The topological polar surface area (TPSA) is 196 Å². The monoisotopic (exact) mass is 399 g/mol. The average Bonchev–Trinajstić information content (AvgIpc) is 1.56. The van der Waals surface area contributed by atoms with Crippen molar-refractivity contribution in [2.75, 3.05) is 0 Å². The Bertz CT molecular complexity index is 205. The van der Waals surface area contributed by atoms with E-state index in [-0.39, 0.29) is 148 Å². The van der Waals surface area contributed by atoms with Crippen LogP contribution in [0.5, 0.6) is 0 Å². The first-order valence-electron chi connectivity index (χ1n) is 1.64. The molecule has 0 aliphatic rings. The summed E-state index contributed by atoms with van der Waals surface area (Å²) < 4.78 is 43.0. The maximum atomic E-state index is 8.63. The van der Waals surface area contributed by atoms with Gasteiger partial charge in [-0.25, -0.2) is 0 Å². The van der Waals surface area contributed by atoms with Crippen molar-refractivity contribution >= 4 is 9.17 Å². The van der Waals surface area contributed by atoms with Crippen LogP contribution in [0.15, 0.2) is 5.34 Å². The zero-order chi connectivity index (χ0) is 10.8. The van der Waals surface area contributed by atoms with Gasteiger partial charge < -0.3 is 24.2 Å². The third kappa shape index (κ3) is 376. The van der Waals surface area contributed by atoms with Crippen LogP contribution in [-0.2, 0) is 28.0 Å². The molecule has 0 saturated carbocycles. The van der Waals surface area contributed by atoms with Gasteiger partial charge in [0, 0.05) is 9.17 Å². The van der Waals surface area contributed by atoms with Gasteiger partial charge in [0.15, 0.2) is 0 Å². The molecule has 0 atom stereocenters. The Balaban J connectivity index is -0.0000000106. The van der Waals surface area contributed by atoms with Gasteiger partial charge in [0.1, 0.15) is 0 Å². The number of hydrogen-bond acceptors (Lipinski definition) is 10. The Morgan fingerprint density at radius 1 is 0.882 bits per heavy atom. The summed E-state index contributed by atoms with van der Waals surface area (Å²) >= 11 is -6.02. The zero-order valence-electron chi connectivity index (χ0n) is 10.0. The van der Waals surface area contributed by atoms with E-state index in [1.807, 2.05) is 0 Å². The van der Waals surface area contributed by atoms with Gasteiger partial charge in [-0.05, 0) is 0 Å². The fourth-order valence-electron chi connectivity index (χ4n) is 0. The van der Waals surface area contributed by atoms with Crippen LogP contribution in [0, 0.1) is 10.1 Å². The van der Waals surface area contributed by atoms with E-state index >= 15 is 0 Å². The van der Waals surface area contributed by atoms with Gasteiger partial charge in [0.05, 0.1) is 0 Å². The van der Waals surface area contributed by atoms with Crippen molar-refractivity contribution in [3.05, 3.63) is 10.1 Å². The van der Waals surface area contributed by atoms with Crippen molar-refractivity contribution in [1.29, 1.82) is 0 Å². The molecule has 0 amide bonds. The third-order valence-corrected chi connectivity index (χ3v) is 0. The fourth-order valence-corrected chi connectivity index (χ4v) is 0. The zero-order valence-corrected chi connectivity index (χ0v) is 23.0. The molecule has 0 saturated heterocycles. The van der Waals surface area contributed by atoms with Crippen LogP contribution in [0.25, 0.3) is 0 Å². The minimum atomic E-state index is -6.02. The van der Waals surface area contributed by atoms with Gasteiger partial charge in [-0.2, -0.15) is 0 Å². The van der Waals surface area contributed by atoms with Gasteiger partial charge in [-0.3, -0.25) is 0 Å². The van der Waals surface area contributed by atoms with Crippen LogP contribution < -0.4 is 165 Å². The molecule has 0 unspecified atom stereocenters. The van der Waals surface area contributed by atoms with Crippen molar-refractivity contribution < 1.29 is 193 Å². The first-order valence-corrected chi connectivity index (χ1v) is 6.15. The first kappa shape index (κ1) is 49.6. The molecule has 0 aromatic carbocycles. The summed E-state index contributed by atoms with van der Waals surface area (Å²) in [6.45, 7) is 0. The van der Waals surface area contributed by atoms with E-state index in [2.05, 4.69) is 0 Å². The molecular formula is MoNNa5O9Si. The molecule has 0 rings (SSSR count). The van der Waals surface area contributed by atoms with Gasteiger partial charge in [0.25, 0.3) is 0 Å².